The lowest BCUT2D eigenvalue weighted by Gasteiger charge is -2.30. The molecule has 0 spiro atoms. The molecule has 1 aliphatic rings. The van der Waals surface area contributed by atoms with Crippen LogP contribution in [0.4, 0.5) is 0 Å². The second-order valence-electron chi connectivity index (χ2n) is 3.29. The van der Waals surface area contributed by atoms with Crippen molar-refractivity contribution in [2.45, 2.75) is 31.7 Å². The van der Waals surface area contributed by atoms with E-state index in [4.69, 9.17) is 5.26 Å². The van der Waals surface area contributed by atoms with Crippen LogP contribution < -0.4 is 0 Å². The molecule has 1 heterocycles. The molecule has 1 saturated heterocycles. The summed E-state index contributed by atoms with van der Waals surface area (Å²) in [6, 6.07) is 1.92. The number of piperidine rings is 1. The Morgan fingerprint density at radius 3 is 3.00 bits per heavy atom. The molecular weight excluding hydrogens is 152 g/mol. The molecule has 0 N–H and O–H groups in total. The fourth-order valence-corrected chi connectivity index (χ4v) is 1.68. The number of carbonyl (C=O) groups excluding carboxylic acids is 1. The summed E-state index contributed by atoms with van der Waals surface area (Å²) in [5.74, 6) is 0.0831. The zero-order valence-electron chi connectivity index (χ0n) is 7.42. The van der Waals surface area contributed by atoms with Crippen molar-refractivity contribution in [3.05, 3.63) is 0 Å². The number of likely N-dealkylation sites (tertiary alicyclic amines) is 1. The van der Waals surface area contributed by atoms with Gasteiger partial charge in [-0.05, 0) is 26.4 Å². The number of hydrogen-bond donors (Lipinski definition) is 0. The standard InChI is InChI=1S/C9H14N2O/c1-11-7-3-2-4-8(11)9(12)5-6-10/h8H,2-5,7H2,1H3/t8-/m0/s1. The lowest BCUT2D eigenvalue weighted by molar-refractivity contribution is -0.123. The van der Waals surface area contributed by atoms with Gasteiger partial charge in [-0.1, -0.05) is 6.42 Å². The molecule has 0 aromatic carbocycles. The Hall–Kier alpha value is -0.880. The van der Waals surface area contributed by atoms with E-state index in [2.05, 4.69) is 4.90 Å². The molecule has 1 aliphatic heterocycles. The van der Waals surface area contributed by atoms with Crippen molar-refractivity contribution in [1.29, 1.82) is 5.26 Å². The van der Waals surface area contributed by atoms with Crippen LogP contribution in [0.1, 0.15) is 25.7 Å². The fraction of sp³-hybridized carbons (Fsp3) is 0.778. The average Bonchev–Trinajstić information content (AvgIpc) is 2.05. The predicted octanol–water partition coefficient (Wildman–Crippen LogP) is 0.953. The van der Waals surface area contributed by atoms with Gasteiger partial charge in [0.05, 0.1) is 18.5 Å². The molecule has 0 aromatic heterocycles. The van der Waals surface area contributed by atoms with Crippen LogP contribution in [-0.2, 0) is 4.79 Å². The molecule has 1 atom stereocenters. The monoisotopic (exact) mass is 166 g/mol. The van der Waals surface area contributed by atoms with E-state index in [1.54, 1.807) is 0 Å². The quantitative estimate of drug-likeness (QED) is 0.613. The van der Waals surface area contributed by atoms with Gasteiger partial charge in [-0.15, -0.1) is 0 Å². The first-order valence-electron chi connectivity index (χ1n) is 4.35. The molecule has 66 valence electrons. The van der Waals surface area contributed by atoms with Crippen molar-refractivity contribution in [2.24, 2.45) is 0 Å². The molecule has 0 bridgehead atoms. The van der Waals surface area contributed by atoms with Gasteiger partial charge in [-0.2, -0.15) is 5.26 Å². The zero-order chi connectivity index (χ0) is 8.97. The average molecular weight is 166 g/mol. The first-order chi connectivity index (χ1) is 5.75. The van der Waals surface area contributed by atoms with Gasteiger partial charge in [0, 0.05) is 0 Å². The molecule has 3 heteroatoms. The van der Waals surface area contributed by atoms with E-state index in [0.29, 0.717) is 0 Å². The van der Waals surface area contributed by atoms with Gasteiger partial charge in [0.25, 0.3) is 0 Å². The Balaban J connectivity index is 2.49. The molecule has 1 fully saturated rings. The third kappa shape index (κ3) is 2.05. The Kier molecular flexibility index (Phi) is 3.24. The molecule has 0 saturated carbocycles. The molecule has 0 aromatic rings. The van der Waals surface area contributed by atoms with Crippen LogP contribution in [0, 0.1) is 11.3 Å². The van der Waals surface area contributed by atoms with Crippen molar-refractivity contribution >= 4 is 5.78 Å². The summed E-state index contributed by atoms with van der Waals surface area (Å²) >= 11 is 0. The van der Waals surface area contributed by atoms with Crippen molar-refractivity contribution in [3.8, 4) is 6.07 Å². The third-order valence-corrected chi connectivity index (χ3v) is 2.40. The Bertz CT molecular complexity index is 207. The molecule has 0 radical (unpaired) electrons. The van der Waals surface area contributed by atoms with E-state index in [0.717, 1.165) is 19.4 Å². The van der Waals surface area contributed by atoms with Crippen LogP contribution in [0.15, 0.2) is 0 Å². The summed E-state index contributed by atoms with van der Waals surface area (Å²) in [5, 5.41) is 8.36. The first kappa shape index (κ1) is 9.21. The van der Waals surface area contributed by atoms with E-state index < -0.39 is 0 Å². The number of nitriles is 1. The first-order valence-corrected chi connectivity index (χ1v) is 4.35. The largest absolute Gasteiger partial charge is 0.297 e. The number of carbonyl (C=O) groups is 1. The highest BCUT2D eigenvalue weighted by atomic mass is 16.1. The SMILES string of the molecule is CN1CCCC[C@H]1C(=O)CC#N. The van der Waals surface area contributed by atoms with Crippen LogP contribution in [0.2, 0.25) is 0 Å². The Labute approximate surface area is 73.0 Å². The molecule has 12 heavy (non-hydrogen) atoms. The molecule has 0 unspecified atom stereocenters. The topological polar surface area (TPSA) is 44.1 Å². The van der Waals surface area contributed by atoms with Gasteiger partial charge in [0.2, 0.25) is 0 Å². The highest BCUT2D eigenvalue weighted by Crippen LogP contribution is 2.16. The lowest BCUT2D eigenvalue weighted by Crippen LogP contribution is -2.41. The number of likely N-dealkylation sites (N-methyl/N-ethyl adjacent to an activating group) is 1. The molecule has 0 aliphatic carbocycles. The van der Waals surface area contributed by atoms with Crippen LogP contribution in [0.25, 0.3) is 0 Å². The maximum atomic E-state index is 11.3. The summed E-state index contributed by atoms with van der Waals surface area (Å²) in [6.45, 7) is 0.988. The number of ketones is 1. The van der Waals surface area contributed by atoms with E-state index >= 15 is 0 Å². The summed E-state index contributed by atoms with van der Waals surface area (Å²) in [7, 11) is 1.96. The minimum atomic E-state index is 0.0124. The van der Waals surface area contributed by atoms with Crippen LogP contribution >= 0.6 is 0 Å². The highest BCUT2D eigenvalue weighted by molar-refractivity contribution is 5.85. The van der Waals surface area contributed by atoms with Gasteiger partial charge in [-0.25, -0.2) is 0 Å². The van der Waals surface area contributed by atoms with Crippen molar-refractivity contribution in [3.63, 3.8) is 0 Å². The summed E-state index contributed by atoms with van der Waals surface area (Å²) < 4.78 is 0. The van der Waals surface area contributed by atoms with Gasteiger partial charge in [0.15, 0.2) is 5.78 Å². The number of nitrogens with zero attached hydrogens (tertiary/aromatic N) is 2. The number of rotatable bonds is 2. The fourth-order valence-electron chi connectivity index (χ4n) is 1.68. The summed E-state index contributed by atoms with van der Waals surface area (Å²) in [6.07, 6.45) is 3.28. The van der Waals surface area contributed by atoms with Crippen LogP contribution in [-0.4, -0.2) is 30.3 Å². The maximum absolute atomic E-state index is 11.3. The van der Waals surface area contributed by atoms with Gasteiger partial charge < -0.3 is 0 Å². The van der Waals surface area contributed by atoms with Gasteiger partial charge in [-0.3, -0.25) is 9.69 Å². The van der Waals surface area contributed by atoms with Gasteiger partial charge in [0.1, 0.15) is 0 Å². The van der Waals surface area contributed by atoms with Crippen molar-refractivity contribution in [2.75, 3.05) is 13.6 Å². The second-order valence-corrected chi connectivity index (χ2v) is 3.29. The molecule has 0 amide bonds. The number of hydrogen-bond acceptors (Lipinski definition) is 3. The van der Waals surface area contributed by atoms with Crippen molar-refractivity contribution < 1.29 is 4.79 Å². The minimum Gasteiger partial charge on any atom is -0.297 e. The van der Waals surface area contributed by atoms with Crippen molar-refractivity contribution in [1.82, 2.24) is 4.90 Å². The lowest BCUT2D eigenvalue weighted by atomic mass is 9.98. The minimum absolute atomic E-state index is 0.0124. The normalized spacial score (nSPS) is 24.8. The van der Waals surface area contributed by atoms with Crippen LogP contribution in [0.5, 0.6) is 0 Å². The molecule has 1 rings (SSSR count). The zero-order valence-corrected chi connectivity index (χ0v) is 7.42. The van der Waals surface area contributed by atoms with Gasteiger partial charge >= 0.3 is 0 Å². The summed E-state index contributed by atoms with van der Waals surface area (Å²) in [5.41, 5.74) is 0. The van der Waals surface area contributed by atoms with E-state index in [9.17, 15) is 4.79 Å². The summed E-state index contributed by atoms with van der Waals surface area (Å²) in [4.78, 5) is 13.4. The highest BCUT2D eigenvalue weighted by Gasteiger charge is 2.24. The third-order valence-electron chi connectivity index (χ3n) is 2.40. The second kappa shape index (κ2) is 4.22. The molecular formula is C9H14N2O. The Morgan fingerprint density at radius 2 is 2.42 bits per heavy atom. The van der Waals surface area contributed by atoms with E-state index in [-0.39, 0.29) is 18.2 Å². The predicted molar refractivity (Wildman–Crippen MR) is 45.5 cm³/mol. The Morgan fingerprint density at radius 1 is 1.67 bits per heavy atom. The van der Waals surface area contributed by atoms with E-state index in [1.807, 2.05) is 13.1 Å². The molecule has 3 nitrogen and oxygen atoms in total. The number of Topliss-reactive ketones (excluding diaryl/α,β-unsaturated/α-hetero) is 1. The smallest absolute Gasteiger partial charge is 0.163 e. The maximum Gasteiger partial charge on any atom is 0.163 e. The van der Waals surface area contributed by atoms with E-state index in [1.165, 1.54) is 6.42 Å². The van der Waals surface area contributed by atoms with Crippen LogP contribution in [0.3, 0.4) is 0 Å².